The van der Waals surface area contributed by atoms with E-state index in [0.717, 1.165) is 16.7 Å². The van der Waals surface area contributed by atoms with E-state index in [4.69, 9.17) is 14.0 Å². The number of nitrogens with zero attached hydrogens (tertiary/aromatic N) is 1. The molecule has 5 heteroatoms. The number of para-hydroxylation sites is 2. The van der Waals surface area contributed by atoms with E-state index < -0.39 is 5.92 Å². The molecule has 0 N–H and O–H groups in total. The lowest BCUT2D eigenvalue weighted by Crippen LogP contribution is -2.21. The van der Waals surface area contributed by atoms with Crippen LogP contribution in [0.4, 0.5) is 0 Å². The summed E-state index contributed by atoms with van der Waals surface area (Å²) < 4.78 is 16.9. The van der Waals surface area contributed by atoms with Crippen molar-refractivity contribution in [2.45, 2.75) is 12.5 Å². The molecule has 0 saturated carbocycles. The monoisotopic (exact) mass is 383 g/mol. The fourth-order valence-electron chi connectivity index (χ4n) is 3.51. The van der Waals surface area contributed by atoms with Crippen LogP contribution >= 0.6 is 0 Å². The van der Waals surface area contributed by atoms with Gasteiger partial charge in [-0.2, -0.15) is 0 Å². The number of benzene rings is 3. The molecule has 0 amide bonds. The summed E-state index contributed by atoms with van der Waals surface area (Å²) >= 11 is 0. The van der Waals surface area contributed by atoms with Crippen LogP contribution in [0.3, 0.4) is 0 Å². The van der Waals surface area contributed by atoms with E-state index >= 15 is 0 Å². The van der Waals surface area contributed by atoms with Crippen LogP contribution in [0.2, 0.25) is 0 Å². The lowest BCUT2D eigenvalue weighted by molar-refractivity contribution is -0.146. The highest BCUT2D eigenvalue weighted by Gasteiger charge is 2.33. The zero-order chi connectivity index (χ0) is 19.6. The average Bonchev–Trinajstić information content (AvgIpc) is 3.25. The Balaban J connectivity index is 1.37. The summed E-state index contributed by atoms with van der Waals surface area (Å²) in [5, 5.41) is 4.02. The molecule has 0 fully saturated rings. The third-order valence-corrected chi connectivity index (χ3v) is 4.90. The Kier molecular flexibility index (Phi) is 4.33. The molecule has 142 valence electrons. The number of rotatable bonds is 4. The molecule has 0 bridgehead atoms. The number of hydrogen-bond donors (Lipinski definition) is 0. The molecule has 0 saturated heterocycles. The first-order valence-electron chi connectivity index (χ1n) is 9.33. The summed E-state index contributed by atoms with van der Waals surface area (Å²) in [4.78, 5) is 13.0. The first-order valence-corrected chi connectivity index (χ1v) is 9.33. The molecule has 1 aliphatic rings. The summed E-state index contributed by atoms with van der Waals surface area (Å²) in [5.41, 5.74) is 3.07. The SMILES string of the molecule is O=C(OCc1cc(-c2ccccc2)on1)C1c2ccccc2Oc2ccccc21. The summed E-state index contributed by atoms with van der Waals surface area (Å²) in [6.45, 7) is 0.0385. The van der Waals surface area contributed by atoms with Crippen molar-refractivity contribution in [3.63, 3.8) is 0 Å². The fourth-order valence-corrected chi connectivity index (χ4v) is 3.51. The van der Waals surface area contributed by atoms with Gasteiger partial charge in [0.25, 0.3) is 0 Å². The van der Waals surface area contributed by atoms with Gasteiger partial charge in [-0.15, -0.1) is 0 Å². The Morgan fingerprint density at radius 2 is 1.48 bits per heavy atom. The first-order chi connectivity index (χ1) is 14.3. The molecule has 3 aromatic carbocycles. The van der Waals surface area contributed by atoms with Crippen molar-refractivity contribution >= 4 is 5.97 Å². The van der Waals surface area contributed by atoms with E-state index in [0.29, 0.717) is 23.0 Å². The molecule has 1 aromatic heterocycles. The van der Waals surface area contributed by atoms with Crippen molar-refractivity contribution < 1.29 is 18.8 Å². The molecule has 5 nitrogen and oxygen atoms in total. The summed E-state index contributed by atoms with van der Waals surface area (Å²) in [7, 11) is 0. The molecular weight excluding hydrogens is 366 g/mol. The van der Waals surface area contributed by atoms with Gasteiger partial charge in [0, 0.05) is 22.8 Å². The van der Waals surface area contributed by atoms with Crippen LogP contribution in [0.1, 0.15) is 22.7 Å². The van der Waals surface area contributed by atoms with Crippen molar-refractivity contribution in [3.8, 4) is 22.8 Å². The number of fused-ring (bicyclic) bond motifs is 2. The van der Waals surface area contributed by atoms with Gasteiger partial charge >= 0.3 is 5.97 Å². The van der Waals surface area contributed by atoms with Gasteiger partial charge in [0.1, 0.15) is 29.7 Å². The van der Waals surface area contributed by atoms with Crippen molar-refractivity contribution in [1.82, 2.24) is 5.16 Å². The van der Waals surface area contributed by atoms with Crippen LogP contribution in [-0.4, -0.2) is 11.1 Å². The minimum absolute atomic E-state index is 0.0385. The molecule has 2 heterocycles. The third-order valence-electron chi connectivity index (χ3n) is 4.90. The van der Waals surface area contributed by atoms with Crippen molar-refractivity contribution in [2.75, 3.05) is 0 Å². The molecule has 0 unspecified atom stereocenters. The predicted molar refractivity (Wildman–Crippen MR) is 107 cm³/mol. The highest BCUT2D eigenvalue weighted by molar-refractivity contribution is 5.85. The molecule has 0 atom stereocenters. The topological polar surface area (TPSA) is 61.6 Å². The van der Waals surface area contributed by atoms with E-state index in [1.807, 2.05) is 78.9 Å². The van der Waals surface area contributed by atoms with Crippen LogP contribution in [0.15, 0.2) is 89.5 Å². The normalized spacial score (nSPS) is 12.6. The Bertz CT molecular complexity index is 1120. The van der Waals surface area contributed by atoms with Crippen LogP contribution in [0, 0.1) is 0 Å². The van der Waals surface area contributed by atoms with Crippen molar-refractivity contribution in [2.24, 2.45) is 0 Å². The Labute approximate surface area is 167 Å². The number of hydrogen-bond acceptors (Lipinski definition) is 5. The number of ether oxygens (including phenoxy) is 2. The molecule has 4 aromatic rings. The van der Waals surface area contributed by atoms with Gasteiger partial charge in [-0.05, 0) is 12.1 Å². The third kappa shape index (κ3) is 3.27. The molecule has 1 aliphatic heterocycles. The second kappa shape index (κ2) is 7.28. The maximum Gasteiger partial charge on any atom is 0.318 e. The van der Waals surface area contributed by atoms with Crippen LogP contribution in [0.5, 0.6) is 11.5 Å². The average molecular weight is 383 g/mol. The molecule has 0 radical (unpaired) electrons. The van der Waals surface area contributed by atoms with Crippen LogP contribution in [-0.2, 0) is 16.1 Å². The second-order valence-electron chi connectivity index (χ2n) is 6.77. The van der Waals surface area contributed by atoms with Gasteiger partial charge < -0.3 is 14.0 Å². The van der Waals surface area contributed by atoms with E-state index in [-0.39, 0.29) is 12.6 Å². The summed E-state index contributed by atoms with van der Waals surface area (Å²) in [6.07, 6.45) is 0. The van der Waals surface area contributed by atoms with Gasteiger partial charge in [-0.1, -0.05) is 71.9 Å². The molecule has 0 aliphatic carbocycles. The Hall–Kier alpha value is -3.86. The fraction of sp³-hybridized carbons (Fsp3) is 0.0833. The highest BCUT2D eigenvalue weighted by Crippen LogP contribution is 2.44. The quantitative estimate of drug-likeness (QED) is 0.446. The lowest BCUT2D eigenvalue weighted by Gasteiger charge is -2.26. The highest BCUT2D eigenvalue weighted by atomic mass is 16.5. The van der Waals surface area contributed by atoms with E-state index in [1.54, 1.807) is 6.07 Å². The largest absolute Gasteiger partial charge is 0.458 e. The number of esters is 1. The first kappa shape index (κ1) is 17.3. The number of aromatic nitrogens is 1. The Morgan fingerprint density at radius 1 is 0.862 bits per heavy atom. The van der Waals surface area contributed by atoms with Crippen molar-refractivity contribution in [3.05, 3.63) is 102 Å². The van der Waals surface area contributed by atoms with E-state index in [2.05, 4.69) is 5.16 Å². The molecular formula is C24H17NO4. The van der Waals surface area contributed by atoms with Crippen molar-refractivity contribution in [1.29, 1.82) is 0 Å². The summed E-state index contributed by atoms with van der Waals surface area (Å²) in [6, 6.07) is 26.5. The minimum atomic E-state index is -0.545. The van der Waals surface area contributed by atoms with E-state index in [9.17, 15) is 4.79 Å². The number of carbonyl (C=O) groups is 1. The Morgan fingerprint density at radius 3 is 2.17 bits per heavy atom. The standard InChI is InChI=1S/C24H17NO4/c26-24(27-15-17-14-22(29-25-17)16-8-2-1-3-9-16)23-18-10-4-6-12-20(18)28-21-13-7-5-11-19(21)23/h1-14,23H,15H2. The zero-order valence-electron chi connectivity index (χ0n) is 15.4. The smallest absolute Gasteiger partial charge is 0.318 e. The number of carbonyl (C=O) groups excluding carboxylic acids is 1. The van der Waals surface area contributed by atoms with Gasteiger partial charge in [0.05, 0.1) is 0 Å². The minimum Gasteiger partial charge on any atom is -0.458 e. The predicted octanol–water partition coefficient (Wildman–Crippen LogP) is 5.32. The second-order valence-corrected chi connectivity index (χ2v) is 6.77. The molecule has 0 spiro atoms. The van der Waals surface area contributed by atoms with Gasteiger partial charge in [-0.25, -0.2) is 0 Å². The molecule has 29 heavy (non-hydrogen) atoms. The maximum absolute atomic E-state index is 13.0. The summed E-state index contributed by atoms with van der Waals surface area (Å²) in [5.74, 6) is 1.08. The van der Waals surface area contributed by atoms with Crippen LogP contribution in [0.25, 0.3) is 11.3 Å². The van der Waals surface area contributed by atoms with E-state index in [1.165, 1.54) is 0 Å². The van der Waals surface area contributed by atoms with Crippen LogP contribution < -0.4 is 4.74 Å². The lowest BCUT2D eigenvalue weighted by atomic mass is 9.88. The van der Waals surface area contributed by atoms with Gasteiger partial charge in [-0.3, -0.25) is 4.79 Å². The van der Waals surface area contributed by atoms with Gasteiger partial charge in [0.15, 0.2) is 5.76 Å². The zero-order valence-corrected chi connectivity index (χ0v) is 15.4. The maximum atomic E-state index is 13.0. The van der Waals surface area contributed by atoms with Gasteiger partial charge in [0.2, 0.25) is 0 Å². The molecule has 5 rings (SSSR count).